The van der Waals surface area contributed by atoms with Crippen LogP contribution in [0, 0.1) is 23.7 Å². The molecule has 0 aliphatic carbocycles. The third kappa shape index (κ3) is 4.67. The van der Waals surface area contributed by atoms with Crippen LogP contribution in [0.15, 0.2) is 23.1 Å². The fourth-order valence-corrected chi connectivity index (χ4v) is 4.16. The van der Waals surface area contributed by atoms with Crippen molar-refractivity contribution in [1.82, 2.24) is 10.0 Å². The quantitative estimate of drug-likeness (QED) is 0.866. The number of hydrogen-bond donors (Lipinski definition) is 2. The molecule has 0 spiro atoms. The van der Waals surface area contributed by atoms with E-state index in [0.29, 0.717) is 17.7 Å². The van der Waals surface area contributed by atoms with Crippen LogP contribution in [-0.2, 0) is 10.0 Å². The van der Waals surface area contributed by atoms with Gasteiger partial charge in [0.15, 0.2) is 0 Å². The Morgan fingerprint density at radius 2 is 2.13 bits per heavy atom. The van der Waals surface area contributed by atoms with Gasteiger partial charge in [-0.05, 0) is 49.4 Å². The molecule has 0 radical (unpaired) electrons. The van der Waals surface area contributed by atoms with Gasteiger partial charge in [-0.1, -0.05) is 19.9 Å². The third-order valence-corrected chi connectivity index (χ3v) is 5.98. The zero-order chi connectivity index (χ0) is 16.4. The first-order valence-corrected chi connectivity index (χ1v) is 8.98. The topological polar surface area (TPSA) is 82.0 Å². The SMILES string of the molecule is Cc1ccc(C#N)cc1S(=O)(=O)NCC1NCCCC1(C)C.Cl. The highest BCUT2D eigenvalue weighted by Gasteiger charge is 2.32. The molecular formula is C16H24ClN3O2S. The van der Waals surface area contributed by atoms with Gasteiger partial charge in [0.05, 0.1) is 16.5 Å². The molecule has 7 heteroatoms. The molecule has 128 valence electrons. The average Bonchev–Trinajstić information content (AvgIpc) is 2.46. The summed E-state index contributed by atoms with van der Waals surface area (Å²) in [4.78, 5) is 0.181. The van der Waals surface area contributed by atoms with E-state index in [4.69, 9.17) is 5.26 Å². The van der Waals surface area contributed by atoms with E-state index in [1.165, 1.54) is 6.07 Å². The standard InChI is InChI=1S/C16H23N3O2S.ClH/c1-12-5-6-13(10-17)9-14(12)22(20,21)19-11-15-16(2,3)7-4-8-18-15;/h5-6,9,15,18-19H,4,7-8,11H2,1-3H3;1H. The Balaban J connectivity index is 0.00000264. The Morgan fingerprint density at radius 1 is 1.43 bits per heavy atom. The van der Waals surface area contributed by atoms with Crippen LogP contribution in [0.2, 0.25) is 0 Å². The van der Waals surface area contributed by atoms with Crippen LogP contribution < -0.4 is 10.0 Å². The number of piperidine rings is 1. The first kappa shape index (κ1) is 19.9. The van der Waals surface area contributed by atoms with Crippen molar-refractivity contribution in [2.24, 2.45) is 5.41 Å². The Bertz CT molecular complexity index is 696. The van der Waals surface area contributed by atoms with Crippen LogP contribution in [0.5, 0.6) is 0 Å². The van der Waals surface area contributed by atoms with Gasteiger partial charge in [0.2, 0.25) is 10.0 Å². The molecule has 0 bridgehead atoms. The van der Waals surface area contributed by atoms with Crippen molar-refractivity contribution in [2.75, 3.05) is 13.1 Å². The first-order chi connectivity index (χ1) is 10.3. The summed E-state index contributed by atoms with van der Waals surface area (Å²) in [7, 11) is -3.61. The smallest absolute Gasteiger partial charge is 0.240 e. The second kappa shape index (κ2) is 7.63. The monoisotopic (exact) mass is 357 g/mol. The van der Waals surface area contributed by atoms with Crippen molar-refractivity contribution in [3.63, 3.8) is 0 Å². The highest BCUT2D eigenvalue weighted by atomic mass is 35.5. The number of nitrogens with zero attached hydrogens (tertiary/aromatic N) is 1. The summed E-state index contributed by atoms with van der Waals surface area (Å²) in [5.41, 5.74) is 1.05. The maximum absolute atomic E-state index is 12.5. The summed E-state index contributed by atoms with van der Waals surface area (Å²) in [6, 6.07) is 6.80. The highest BCUT2D eigenvalue weighted by molar-refractivity contribution is 7.89. The molecular weight excluding hydrogens is 334 g/mol. The van der Waals surface area contributed by atoms with Crippen LogP contribution in [0.25, 0.3) is 0 Å². The van der Waals surface area contributed by atoms with Crippen LogP contribution in [0.3, 0.4) is 0 Å². The Labute approximate surface area is 144 Å². The maximum atomic E-state index is 12.5. The average molecular weight is 358 g/mol. The van der Waals surface area contributed by atoms with E-state index in [-0.39, 0.29) is 28.8 Å². The minimum atomic E-state index is -3.61. The number of aryl methyl sites for hydroxylation is 1. The lowest BCUT2D eigenvalue weighted by molar-refractivity contribution is 0.181. The van der Waals surface area contributed by atoms with Crippen molar-refractivity contribution in [3.05, 3.63) is 29.3 Å². The number of nitrogens with one attached hydrogen (secondary N) is 2. The largest absolute Gasteiger partial charge is 0.312 e. The molecule has 0 saturated carbocycles. The van der Waals surface area contributed by atoms with Gasteiger partial charge < -0.3 is 5.32 Å². The van der Waals surface area contributed by atoms with Gasteiger partial charge in [0.1, 0.15) is 0 Å². The van der Waals surface area contributed by atoms with Crippen molar-refractivity contribution >= 4 is 22.4 Å². The summed E-state index contributed by atoms with van der Waals surface area (Å²) in [6.45, 7) is 7.31. The van der Waals surface area contributed by atoms with E-state index in [9.17, 15) is 8.42 Å². The first-order valence-electron chi connectivity index (χ1n) is 7.50. The number of rotatable bonds is 4. The fraction of sp³-hybridized carbons (Fsp3) is 0.562. The lowest BCUT2D eigenvalue weighted by Crippen LogP contribution is -2.52. The molecule has 1 aromatic rings. The molecule has 0 amide bonds. The molecule has 1 atom stereocenters. The summed E-state index contributed by atoms with van der Waals surface area (Å²) in [5.74, 6) is 0. The van der Waals surface area contributed by atoms with Gasteiger partial charge in [0, 0.05) is 12.6 Å². The zero-order valence-electron chi connectivity index (χ0n) is 13.7. The molecule has 1 aliphatic rings. The van der Waals surface area contributed by atoms with Crippen molar-refractivity contribution in [1.29, 1.82) is 5.26 Å². The molecule has 2 rings (SSSR count). The van der Waals surface area contributed by atoms with E-state index < -0.39 is 10.0 Å². The summed E-state index contributed by atoms with van der Waals surface area (Å²) >= 11 is 0. The molecule has 1 heterocycles. The minimum Gasteiger partial charge on any atom is -0.312 e. The molecule has 1 fully saturated rings. The van der Waals surface area contributed by atoms with Gasteiger partial charge in [-0.15, -0.1) is 12.4 Å². The molecule has 23 heavy (non-hydrogen) atoms. The number of halogens is 1. The normalized spacial score (nSPS) is 20.3. The molecule has 2 N–H and O–H groups in total. The fourth-order valence-electron chi connectivity index (χ4n) is 2.85. The zero-order valence-corrected chi connectivity index (χ0v) is 15.4. The second-order valence-corrected chi connectivity index (χ2v) is 8.28. The lowest BCUT2D eigenvalue weighted by Gasteiger charge is -2.39. The molecule has 1 aromatic carbocycles. The molecule has 1 saturated heterocycles. The number of nitriles is 1. The van der Waals surface area contributed by atoms with Crippen molar-refractivity contribution in [2.45, 2.75) is 44.6 Å². The van der Waals surface area contributed by atoms with E-state index in [1.807, 2.05) is 6.07 Å². The van der Waals surface area contributed by atoms with Gasteiger partial charge in [-0.2, -0.15) is 5.26 Å². The van der Waals surface area contributed by atoms with Gasteiger partial charge >= 0.3 is 0 Å². The van der Waals surface area contributed by atoms with Gasteiger partial charge in [-0.25, -0.2) is 13.1 Å². The third-order valence-electron chi connectivity index (χ3n) is 4.42. The van der Waals surface area contributed by atoms with Gasteiger partial charge in [0.25, 0.3) is 0 Å². The second-order valence-electron chi connectivity index (χ2n) is 6.54. The molecule has 0 aromatic heterocycles. The van der Waals surface area contributed by atoms with E-state index in [1.54, 1.807) is 19.1 Å². The predicted molar refractivity (Wildman–Crippen MR) is 93.1 cm³/mol. The summed E-state index contributed by atoms with van der Waals surface area (Å²) in [6.07, 6.45) is 2.19. The Kier molecular flexibility index (Phi) is 6.60. The summed E-state index contributed by atoms with van der Waals surface area (Å²) in [5, 5.41) is 12.3. The Hall–Kier alpha value is -1.13. The van der Waals surface area contributed by atoms with E-state index >= 15 is 0 Å². The minimum absolute atomic E-state index is 0. The van der Waals surface area contributed by atoms with Crippen LogP contribution in [0.1, 0.15) is 37.8 Å². The predicted octanol–water partition coefficient (Wildman–Crippen LogP) is 2.35. The van der Waals surface area contributed by atoms with Crippen LogP contribution in [0.4, 0.5) is 0 Å². The highest BCUT2D eigenvalue weighted by Crippen LogP contribution is 2.30. The number of sulfonamides is 1. The Morgan fingerprint density at radius 3 is 2.74 bits per heavy atom. The lowest BCUT2D eigenvalue weighted by atomic mass is 9.78. The number of benzene rings is 1. The van der Waals surface area contributed by atoms with Crippen molar-refractivity contribution < 1.29 is 8.42 Å². The molecule has 5 nitrogen and oxygen atoms in total. The summed E-state index contributed by atoms with van der Waals surface area (Å²) < 4.78 is 27.7. The van der Waals surface area contributed by atoms with E-state index in [0.717, 1.165) is 19.4 Å². The van der Waals surface area contributed by atoms with Crippen LogP contribution in [-0.4, -0.2) is 27.5 Å². The number of hydrogen-bond acceptors (Lipinski definition) is 4. The molecule has 1 unspecified atom stereocenters. The van der Waals surface area contributed by atoms with Crippen molar-refractivity contribution in [3.8, 4) is 6.07 Å². The maximum Gasteiger partial charge on any atom is 0.240 e. The van der Waals surface area contributed by atoms with Gasteiger partial charge in [-0.3, -0.25) is 0 Å². The molecule has 1 aliphatic heterocycles. The van der Waals surface area contributed by atoms with Crippen LogP contribution >= 0.6 is 12.4 Å². The van der Waals surface area contributed by atoms with E-state index in [2.05, 4.69) is 23.9 Å².